The van der Waals surface area contributed by atoms with Crippen LogP contribution in [-0.4, -0.2) is 22.5 Å². The molecular formula is C27H30ClN3O4S. The van der Waals surface area contributed by atoms with E-state index >= 15 is 0 Å². The Balaban J connectivity index is 2.20. The third-order valence-electron chi connectivity index (χ3n) is 5.00. The van der Waals surface area contributed by atoms with E-state index in [0.717, 1.165) is 24.3 Å². The minimum Gasteiger partial charge on any atom is -0.426 e. The Bertz CT molecular complexity index is 1320. The number of carbonyl (C=O) groups is 2. The molecule has 0 spiro atoms. The van der Waals surface area contributed by atoms with Crippen LogP contribution in [0.5, 0.6) is 11.5 Å². The van der Waals surface area contributed by atoms with Gasteiger partial charge in [-0.3, -0.25) is 4.79 Å². The van der Waals surface area contributed by atoms with E-state index in [9.17, 15) is 9.59 Å². The number of amides is 1. The van der Waals surface area contributed by atoms with Crippen LogP contribution in [0.2, 0.25) is 5.02 Å². The number of carbonyl (C=O) groups excluding carboxylic acids is 2. The maximum absolute atomic E-state index is 12.8. The number of halogens is 1. The Morgan fingerprint density at radius 2 is 1.81 bits per heavy atom. The topological polar surface area (TPSA) is 82.2 Å². The number of thiazole rings is 1. The third kappa shape index (κ3) is 7.63. The number of unbranched alkanes of at least 4 members (excludes halogenated alkanes) is 1. The average molecular weight is 528 g/mol. The highest BCUT2D eigenvalue weighted by molar-refractivity contribution is 7.09. The van der Waals surface area contributed by atoms with Crippen LogP contribution in [0.4, 0.5) is 4.79 Å². The summed E-state index contributed by atoms with van der Waals surface area (Å²) in [4.78, 5) is 35.3. The molecule has 0 radical (unpaired) electrons. The second kappa shape index (κ2) is 12.1. The third-order valence-corrected chi connectivity index (χ3v) is 6.68. The van der Waals surface area contributed by atoms with Gasteiger partial charge in [-0.2, -0.15) is 4.99 Å². The van der Waals surface area contributed by atoms with Gasteiger partial charge in [-0.15, -0.1) is 11.3 Å². The average Bonchev–Trinajstić information content (AvgIpc) is 3.22. The predicted molar refractivity (Wildman–Crippen MR) is 143 cm³/mol. The molecule has 0 fully saturated rings. The van der Waals surface area contributed by atoms with Crippen molar-refractivity contribution in [1.82, 2.24) is 4.57 Å². The van der Waals surface area contributed by atoms with E-state index in [1.807, 2.05) is 6.07 Å². The molecule has 3 aromatic rings. The lowest BCUT2D eigenvalue weighted by Crippen LogP contribution is -2.18. The fourth-order valence-corrected chi connectivity index (χ4v) is 4.41. The summed E-state index contributed by atoms with van der Waals surface area (Å²) in [5, 5.41) is 0.376. The van der Waals surface area contributed by atoms with Crippen LogP contribution in [-0.2, 0) is 16.8 Å². The molecule has 190 valence electrons. The molecule has 0 saturated heterocycles. The van der Waals surface area contributed by atoms with Crippen LogP contribution in [0.15, 0.2) is 64.7 Å². The molecule has 9 heteroatoms. The zero-order valence-electron chi connectivity index (χ0n) is 21.1. The fraction of sp³-hybridized carbons (Fsp3) is 0.333. The van der Waals surface area contributed by atoms with Crippen LogP contribution in [0.1, 0.15) is 57.9 Å². The van der Waals surface area contributed by atoms with Gasteiger partial charge < -0.3 is 14.0 Å². The van der Waals surface area contributed by atoms with Crippen molar-refractivity contribution in [1.29, 1.82) is 0 Å². The number of hydrogen-bond donors (Lipinski definition) is 0. The normalized spacial score (nSPS) is 12.5. The van der Waals surface area contributed by atoms with E-state index in [4.69, 9.17) is 26.1 Å². The summed E-state index contributed by atoms with van der Waals surface area (Å²) < 4.78 is 12.8. The van der Waals surface area contributed by atoms with Crippen molar-refractivity contribution >= 4 is 40.8 Å². The van der Waals surface area contributed by atoms with E-state index in [1.165, 1.54) is 18.3 Å². The highest BCUT2D eigenvalue weighted by Crippen LogP contribution is 2.27. The molecule has 0 aliphatic heterocycles. The van der Waals surface area contributed by atoms with Crippen LogP contribution < -0.4 is 14.3 Å². The number of ether oxygens (including phenoxy) is 2. The lowest BCUT2D eigenvalue weighted by molar-refractivity contribution is -0.131. The number of hydrogen-bond acceptors (Lipinski definition) is 5. The van der Waals surface area contributed by atoms with Crippen LogP contribution >= 0.6 is 22.9 Å². The maximum Gasteiger partial charge on any atom is 0.441 e. The molecule has 7 nitrogen and oxygen atoms in total. The quantitative estimate of drug-likeness (QED) is 0.153. The summed E-state index contributed by atoms with van der Waals surface area (Å²) in [5.74, 6) is 0.0480. The highest BCUT2D eigenvalue weighted by Gasteiger charge is 2.20. The first-order valence-corrected chi connectivity index (χ1v) is 12.9. The number of aryl methyl sites for hydroxylation is 1. The van der Waals surface area contributed by atoms with Crippen molar-refractivity contribution in [3.8, 4) is 11.5 Å². The van der Waals surface area contributed by atoms with Crippen molar-refractivity contribution < 1.29 is 19.1 Å². The fourth-order valence-electron chi connectivity index (χ4n) is 3.16. The van der Waals surface area contributed by atoms with Gasteiger partial charge in [0.2, 0.25) is 0 Å². The first-order chi connectivity index (χ1) is 17.1. The number of benzene rings is 2. The summed E-state index contributed by atoms with van der Waals surface area (Å²) >= 11 is 7.79. The molecule has 0 saturated carbocycles. The van der Waals surface area contributed by atoms with E-state index in [2.05, 4.69) is 43.5 Å². The number of para-hydroxylation sites is 1. The van der Waals surface area contributed by atoms with Crippen LogP contribution in [0, 0.1) is 0 Å². The molecule has 36 heavy (non-hydrogen) atoms. The summed E-state index contributed by atoms with van der Waals surface area (Å²) in [6, 6.07) is 13.3. The number of aliphatic imine (C=N–C) groups is 1. The second-order valence-electron chi connectivity index (χ2n) is 9.14. The van der Waals surface area contributed by atoms with Gasteiger partial charge in [0.1, 0.15) is 11.5 Å². The molecule has 0 unspecified atom stereocenters. The number of esters is 1. The minimum atomic E-state index is -0.860. The molecule has 2 aromatic carbocycles. The number of rotatable bonds is 6. The molecule has 0 aliphatic rings. The van der Waals surface area contributed by atoms with Gasteiger partial charge in [-0.05, 0) is 42.2 Å². The van der Waals surface area contributed by atoms with Gasteiger partial charge in [0.15, 0.2) is 10.6 Å². The maximum atomic E-state index is 12.8. The Hall–Kier alpha value is -3.23. The van der Waals surface area contributed by atoms with Crippen LogP contribution in [0.25, 0.3) is 0 Å². The van der Waals surface area contributed by atoms with E-state index < -0.39 is 12.1 Å². The standard InChI is InChI=1S/C27H30ClN3O4S/c1-6-7-15-31-17-23(27(3,4)5)36-25(31)29-24(30-26(33)35-20-11-9-8-10-12-20)21-16-19(28)13-14-22(21)34-18(2)32/h8-14,16-17H,6-7,15H2,1-5H3/b29-25-,30-24?. The van der Waals surface area contributed by atoms with Crippen molar-refractivity contribution in [3.63, 3.8) is 0 Å². The zero-order chi connectivity index (χ0) is 26.3. The molecule has 1 amide bonds. The van der Waals surface area contributed by atoms with Gasteiger partial charge in [-0.25, -0.2) is 9.79 Å². The lowest BCUT2D eigenvalue weighted by atomic mass is 9.95. The number of nitrogens with zero attached hydrogens (tertiary/aromatic N) is 3. The van der Waals surface area contributed by atoms with Crippen molar-refractivity contribution in [2.45, 2.75) is 59.4 Å². The van der Waals surface area contributed by atoms with Gasteiger partial charge in [-0.1, -0.05) is 63.9 Å². The smallest absolute Gasteiger partial charge is 0.426 e. The first-order valence-electron chi connectivity index (χ1n) is 11.7. The minimum absolute atomic E-state index is 0.0299. The predicted octanol–water partition coefficient (Wildman–Crippen LogP) is 6.77. The van der Waals surface area contributed by atoms with Gasteiger partial charge >= 0.3 is 12.1 Å². The van der Waals surface area contributed by atoms with E-state index in [1.54, 1.807) is 42.5 Å². The molecule has 0 bridgehead atoms. The molecule has 1 heterocycles. The Morgan fingerprint density at radius 1 is 1.08 bits per heavy atom. The highest BCUT2D eigenvalue weighted by atomic mass is 35.5. The largest absolute Gasteiger partial charge is 0.441 e. The number of aromatic nitrogens is 1. The molecule has 0 atom stereocenters. The summed E-state index contributed by atoms with van der Waals surface area (Å²) in [6.45, 7) is 10.6. The molecular weight excluding hydrogens is 498 g/mol. The van der Waals surface area contributed by atoms with E-state index in [-0.39, 0.29) is 17.0 Å². The SMILES string of the molecule is CCCCn1cc(C(C)(C)C)s/c1=N\C(=NC(=O)Oc1ccccc1)c1cc(Cl)ccc1OC(C)=O. The first kappa shape index (κ1) is 27.4. The number of amidine groups is 1. The van der Waals surface area contributed by atoms with Crippen molar-refractivity contribution in [2.75, 3.05) is 0 Å². The van der Waals surface area contributed by atoms with Gasteiger partial charge in [0, 0.05) is 29.6 Å². The molecule has 0 N–H and O–H groups in total. The van der Waals surface area contributed by atoms with E-state index in [0.29, 0.717) is 21.1 Å². The summed E-state index contributed by atoms with van der Waals surface area (Å²) in [5.41, 5.74) is 0.213. The monoisotopic (exact) mass is 527 g/mol. The van der Waals surface area contributed by atoms with Crippen molar-refractivity contribution in [3.05, 3.63) is 75.0 Å². The Kier molecular flexibility index (Phi) is 9.23. The Morgan fingerprint density at radius 3 is 2.44 bits per heavy atom. The summed E-state index contributed by atoms with van der Waals surface area (Å²) in [7, 11) is 0. The molecule has 1 aromatic heterocycles. The zero-order valence-corrected chi connectivity index (χ0v) is 22.7. The second-order valence-corrected chi connectivity index (χ2v) is 10.6. The van der Waals surface area contributed by atoms with Gasteiger partial charge in [0.25, 0.3) is 0 Å². The summed E-state index contributed by atoms with van der Waals surface area (Å²) in [6.07, 6.45) is 3.21. The van der Waals surface area contributed by atoms with Crippen LogP contribution in [0.3, 0.4) is 0 Å². The lowest BCUT2D eigenvalue weighted by Gasteiger charge is -2.14. The van der Waals surface area contributed by atoms with Crippen molar-refractivity contribution in [2.24, 2.45) is 9.98 Å². The molecule has 0 aliphatic carbocycles. The molecule has 3 rings (SSSR count). The van der Waals surface area contributed by atoms with Gasteiger partial charge in [0.05, 0.1) is 5.56 Å². The Labute approximate surface area is 220 Å².